The molecule has 3 aliphatic carbocycles. The third-order valence-corrected chi connectivity index (χ3v) is 7.63. The molecule has 28 heavy (non-hydrogen) atoms. The highest BCUT2D eigenvalue weighted by molar-refractivity contribution is 5.69. The van der Waals surface area contributed by atoms with Crippen molar-refractivity contribution in [3.63, 3.8) is 0 Å². The van der Waals surface area contributed by atoms with Crippen LogP contribution in [0.1, 0.15) is 69.9 Å². The highest BCUT2D eigenvalue weighted by atomic mass is 16.6. The summed E-state index contributed by atoms with van der Waals surface area (Å²) < 4.78 is 11.1. The van der Waals surface area contributed by atoms with Crippen molar-refractivity contribution in [2.75, 3.05) is 0 Å². The number of esters is 2. The van der Waals surface area contributed by atoms with Crippen molar-refractivity contribution in [2.24, 2.45) is 17.3 Å². The number of carbonyl (C=O) groups is 2. The Morgan fingerprint density at radius 1 is 1.14 bits per heavy atom. The summed E-state index contributed by atoms with van der Waals surface area (Å²) in [5.41, 5.74) is 1.75. The summed E-state index contributed by atoms with van der Waals surface area (Å²) in [5, 5.41) is 0. The van der Waals surface area contributed by atoms with Crippen molar-refractivity contribution >= 4 is 11.9 Å². The van der Waals surface area contributed by atoms with Crippen LogP contribution < -0.4 is 4.74 Å². The Morgan fingerprint density at radius 2 is 1.93 bits per heavy atom. The predicted molar refractivity (Wildman–Crippen MR) is 106 cm³/mol. The summed E-state index contributed by atoms with van der Waals surface area (Å²) in [6.45, 7) is 5.13. The SMILES string of the molecule is C#C[C@]1(OC(C)=O)CC[C@@H]2[C@@H]3CCc4cc(OC(C)=O)ccc4[C@@H]3CC[C@@]21C. The monoisotopic (exact) mass is 380 g/mol. The lowest BCUT2D eigenvalue weighted by Crippen LogP contribution is -2.52. The first-order valence-corrected chi connectivity index (χ1v) is 10.3. The van der Waals surface area contributed by atoms with Crippen LogP contribution >= 0.6 is 0 Å². The molecule has 0 spiro atoms. The summed E-state index contributed by atoms with van der Waals surface area (Å²) in [6, 6.07) is 6.08. The average molecular weight is 380 g/mol. The van der Waals surface area contributed by atoms with E-state index >= 15 is 0 Å². The predicted octanol–water partition coefficient (Wildman–Crippen LogP) is 4.40. The molecule has 3 aliphatic rings. The molecule has 148 valence electrons. The van der Waals surface area contributed by atoms with Gasteiger partial charge in [0.05, 0.1) is 0 Å². The van der Waals surface area contributed by atoms with Crippen molar-refractivity contribution in [3.8, 4) is 18.1 Å². The number of aryl methyl sites for hydroxylation is 1. The van der Waals surface area contributed by atoms with Gasteiger partial charge in [0, 0.05) is 19.3 Å². The lowest BCUT2D eigenvalue weighted by molar-refractivity contribution is -0.165. The molecule has 5 atom stereocenters. The van der Waals surface area contributed by atoms with Crippen LogP contribution in [-0.4, -0.2) is 17.5 Å². The number of terminal acetylenes is 1. The number of rotatable bonds is 2. The zero-order valence-corrected chi connectivity index (χ0v) is 16.9. The van der Waals surface area contributed by atoms with Gasteiger partial charge in [-0.3, -0.25) is 9.59 Å². The van der Waals surface area contributed by atoms with Crippen molar-refractivity contribution in [1.82, 2.24) is 0 Å². The molecule has 4 nitrogen and oxygen atoms in total. The summed E-state index contributed by atoms with van der Waals surface area (Å²) in [6.07, 6.45) is 11.8. The van der Waals surface area contributed by atoms with E-state index in [0.717, 1.165) is 38.5 Å². The molecule has 4 rings (SSSR count). The van der Waals surface area contributed by atoms with Crippen LogP contribution in [0.4, 0.5) is 0 Å². The molecule has 0 amide bonds. The van der Waals surface area contributed by atoms with Crippen molar-refractivity contribution in [2.45, 2.75) is 70.8 Å². The minimum absolute atomic E-state index is 0.163. The van der Waals surface area contributed by atoms with Gasteiger partial charge in [-0.05, 0) is 79.5 Å². The van der Waals surface area contributed by atoms with Gasteiger partial charge in [0.25, 0.3) is 0 Å². The number of carbonyl (C=O) groups excluding carboxylic acids is 2. The largest absolute Gasteiger partial charge is 0.445 e. The molecule has 0 N–H and O–H groups in total. The Labute approximate surface area is 167 Å². The van der Waals surface area contributed by atoms with Gasteiger partial charge in [-0.25, -0.2) is 0 Å². The van der Waals surface area contributed by atoms with Crippen LogP contribution in [0.3, 0.4) is 0 Å². The van der Waals surface area contributed by atoms with Gasteiger partial charge in [-0.2, -0.15) is 0 Å². The summed E-state index contributed by atoms with van der Waals surface area (Å²) >= 11 is 0. The van der Waals surface area contributed by atoms with Crippen LogP contribution in [0.15, 0.2) is 18.2 Å². The third-order valence-electron chi connectivity index (χ3n) is 7.63. The fraction of sp³-hybridized carbons (Fsp3) is 0.583. The topological polar surface area (TPSA) is 52.6 Å². The van der Waals surface area contributed by atoms with E-state index in [2.05, 4.69) is 18.9 Å². The molecular weight excluding hydrogens is 352 g/mol. The number of benzene rings is 1. The van der Waals surface area contributed by atoms with E-state index < -0.39 is 5.60 Å². The van der Waals surface area contributed by atoms with Crippen LogP contribution in [-0.2, 0) is 20.7 Å². The first kappa shape index (κ1) is 19.1. The molecule has 0 aliphatic heterocycles. The van der Waals surface area contributed by atoms with Crippen molar-refractivity contribution < 1.29 is 19.1 Å². The standard InChI is InChI=1S/C24H28O4/c1-5-24(28-16(3)26)13-11-22-21-8-6-17-14-18(27-15(2)25)7-9-19(17)20(21)10-12-23(22,24)4/h1,7,9,14,20-22H,6,8,10-13H2,2-4H3/t20-,21+,22+,23-,24-/m0/s1. The normalized spacial score (nSPS) is 35.7. The Morgan fingerprint density at radius 3 is 2.61 bits per heavy atom. The van der Waals surface area contributed by atoms with Gasteiger partial charge < -0.3 is 9.47 Å². The Hall–Kier alpha value is -2.28. The molecular formula is C24H28O4. The van der Waals surface area contributed by atoms with Gasteiger partial charge in [-0.15, -0.1) is 6.42 Å². The fourth-order valence-corrected chi connectivity index (χ4v) is 6.47. The first-order chi connectivity index (χ1) is 13.3. The van der Waals surface area contributed by atoms with E-state index in [1.54, 1.807) is 0 Å². The molecule has 0 unspecified atom stereocenters. The second kappa shape index (κ2) is 6.65. The highest BCUT2D eigenvalue weighted by Crippen LogP contribution is 2.65. The molecule has 0 heterocycles. The average Bonchev–Trinajstić information content (AvgIpc) is 2.93. The molecule has 0 saturated heterocycles. The molecule has 0 radical (unpaired) electrons. The molecule has 2 saturated carbocycles. The molecule has 0 aromatic heterocycles. The van der Waals surface area contributed by atoms with Crippen LogP contribution in [0.2, 0.25) is 0 Å². The lowest BCUT2D eigenvalue weighted by Gasteiger charge is -2.52. The molecule has 0 bridgehead atoms. The van der Waals surface area contributed by atoms with E-state index in [0.29, 0.717) is 23.5 Å². The van der Waals surface area contributed by atoms with E-state index in [1.807, 2.05) is 12.1 Å². The quantitative estimate of drug-likeness (QED) is 0.433. The van der Waals surface area contributed by atoms with Gasteiger partial charge in [0.2, 0.25) is 0 Å². The zero-order chi connectivity index (χ0) is 20.1. The Bertz CT molecular complexity index is 866. The van der Waals surface area contributed by atoms with E-state index in [-0.39, 0.29) is 17.4 Å². The maximum atomic E-state index is 11.8. The van der Waals surface area contributed by atoms with E-state index in [4.69, 9.17) is 15.9 Å². The van der Waals surface area contributed by atoms with Gasteiger partial charge in [0.15, 0.2) is 5.60 Å². The van der Waals surface area contributed by atoms with Crippen molar-refractivity contribution in [1.29, 1.82) is 0 Å². The number of hydrogen-bond donors (Lipinski definition) is 0. The maximum Gasteiger partial charge on any atom is 0.308 e. The van der Waals surface area contributed by atoms with Gasteiger partial charge in [0.1, 0.15) is 5.75 Å². The lowest BCUT2D eigenvalue weighted by atomic mass is 9.53. The Balaban J connectivity index is 1.64. The fourth-order valence-electron chi connectivity index (χ4n) is 6.47. The first-order valence-electron chi connectivity index (χ1n) is 10.3. The highest BCUT2D eigenvalue weighted by Gasteiger charge is 2.63. The molecule has 1 aromatic carbocycles. The van der Waals surface area contributed by atoms with Gasteiger partial charge >= 0.3 is 11.9 Å². The summed E-state index contributed by atoms with van der Waals surface area (Å²) in [5.74, 6) is 4.47. The van der Waals surface area contributed by atoms with Crippen LogP contribution in [0, 0.1) is 29.6 Å². The summed E-state index contributed by atoms with van der Waals surface area (Å²) in [4.78, 5) is 23.0. The molecule has 4 heteroatoms. The van der Waals surface area contributed by atoms with Gasteiger partial charge in [-0.1, -0.05) is 18.9 Å². The smallest absolute Gasteiger partial charge is 0.308 e. The third kappa shape index (κ3) is 2.75. The summed E-state index contributed by atoms with van der Waals surface area (Å²) in [7, 11) is 0. The Kier molecular flexibility index (Phi) is 4.53. The number of ether oxygens (including phenoxy) is 2. The van der Waals surface area contributed by atoms with E-state index in [1.165, 1.54) is 25.0 Å². The van der Waals surface area contributed by atoms with Crippen molar-refractivity contribution in [3.05, 3.63) is 29.3 Å². The minimum Gasteiger partial charge on any atom is -0.445 e. The second-order valence-corrected chi connectivity index (χ2v) is 8.93. The number of hydrogen-bond acceptors (Lipinski definition) is 4. The van der Waals surface area contributed by atoms with Crippen LogP contribution in [0.5, 0.6) is 5.75 Å². The molecule has 2 fully saturated rings. The van der Waals surface area contributed by atoms with E-state index in [9.17, 15) is 9.59 Å². The second-order valence-electron chi connectivity index (χ2n) is 8.93. The zero-order valence-electron chi connectivity index (χ0n) is 16.9. The maximum absolute atomic E-state index is 11.8. The number of fused-ring (bicyclic) bond motifs is 5. The van der Waals surface area contributed by atoms with Crippen LogP contribution in [0.25, 0.3) is 0 Å². The minimum atomic E-state index is -0.770. The molecule has 1 aromatic rings.